The highest BCUT2D eigenvalue weighted by atomic mass is 19.3. The highest BCUT2D eigenvalue weighted by molar-refractivity contribution is 5.83. The van der Waals surface area contributed by atoms with Gasteiger partial charge in [-0.2, -0.15) is 5.10 Å². The average Bonchev–Trinajstić information content (AvgIpc) is 2.95. The maximum Gasteiger partial charge on any atom is 0.266 e. The number of likely N-dealkylation sites (tertiary alicyclic amines) is 1. The van der Waals surface area contributed by atoms with Crippen LogP contribution in [0.5, 0.6) is 0 Å². The van der Waals surface area contributed by atoms with E-state index in [1.54, 1.807) is 21.8 Å². The summed E-state index contributed by atoms with van der Waals surface area (Å²) in [7, 11) is 0. The van der Waals surface area contributed by atoms with E-state index in [1.165, 1.54) is 12.3 Å². The largest absolute Gasteiger partial charge is 0.341 e. The van der Waals surface area contributed by atoms with Crippen LogP contribution in [0, 0.1) is 5.82 Å². The zero-order chi connectivity index (χ0) is 18.3. The number of amides is 1. The molecule has 134 valence electrons. The number of fused-ring (bicyclic) bond motifs is 1. The number of aromatic nitrogens is 3. The third-order valence-electron chi connectivity index (χ3n) is 4.55. The summed E-state index contributed by atoms with van der Waals surface area (Å²) >= 11 is 0. The minimum atomic E-state index is -2.90. The molecule has 1 aliphatic heterocycles. The van der Waals surface area contributed by atoms with Gasteiger partial charge in [-0.1, -0.05) is 6.07 Å². The van der Waals surface area contributed by atoms with E-state index in [2.05, 4.69) is 10.1 Å². The van der Waals surface area contributed by atoms with Crippen molar-refractivity contribution in [3.05, 3.63) is 48.0 Å². The minimum Gasteiger partial charge on any atom is -0.341 e. The van der Waals surface area contributed by atoms with E-state index < -0.39 is 17.8 Å². The van der Waals surface area contributed by atoms with Gasteiger partial charge in [-0.15, -0.1) is 0 Å². The summed E-state index contributed by atoms with van der Waals surface area (Å²) in [5, 5.41) is 4.20. The van der Waals surface area contributed by atoms with Crippen molar-refractivity contribution in [2.24, 2.45) is 0 Å². The Kier molecular flexibility index (Phi) is 4.10. The molecule has 3 aromatic rings. The first kappa shape index (κ1) is 16.6. The Labute approximate surface area is 147 Å². The highest BCUT2D eigenvalue weighted by Crippen LogP contribution is 2.29. The number of hydrogen-bond donors (Lipinski definition) is 0. The first-order chi connectivity index (χ1) is 12.5. The van der Waals surface area contributed by atoms with E-state index in [0.717, 1.165) is 31.6 Å². The standard InChI is InChI=1S/C18H15F3N4O/c19-14-3-2-11(6-13(14)18(20)21)12-7-16-15(22-8-12)9-23-25(16)10-17(26)24-4-1-5-24/h2-3,6-9,18H,1,4-5,10H2. The molecule has 4 rings (SSSR count). The fourth-order valence-corrected chi connectivity index (χ4v) is 2.92. The van der Waals surface area contributed by atoms with Crippen molar-refractivity contribution < 1.29 is 18.0 Å². The van der Waals surface area contributed by atoms with Gasteiger partial charge in [0.15, 0.2) is 0 Å². The monoisotopic (exact) mass is 360 g/mol. The number of hydrogen-bond acceptors (Lipinski definition) is 3. The van der Waals surface area contributed by atoms with E-state index in [9.17, 15) is 18.0 Å². The molecule has 1 amide bonds. The first-order valence-corrected chi connectivity index (χ1v) is 8.20. The lowest BCUT2D eigenvalue weighted by Crippen LogP contribution is -2.43. The number of alkyl halides is 2. The predicted octanol–water partition coefficient (Wildman–Crippen LogP) is 3.41. The van der Waals surface area contributed by atoms with Crippen LogP contribution in [0.1, 0.15) is 18.4 Å². The molecule has 0 saturated carbocycles. The normalized spacial score (nSPS) is 14.1. The van der Waals surface area contributed by atoms with Crippen LogP contribution in [0.25, 0.3) is 22.2 Å². The van der Waals surface area contributed by atoms with Gasteiger partial charge in [0.05, 0.1) is 17.3 Å². The van der Waals surface area contributed by atoms with E-state index >= 15 is 0 Å². The molecule has 0 spiro atoms. The molecular formula is C18H15F3N4O. The quantitative estimate of drug-likeness (QED) is 0.717. The molecule has 0 aliphatic carbocycles. The van der Waals surface area contributed by atoms with Crippen LogP contribution < -0.4 is 0 Å². The van der Waals surface area contributed by atoms with Crippen molar-refractivity contribution >= 4 is 16.9 Å². The Bertz CT molecular complexity index is 982. The summed E-state index contributed by atoms with van der Waals surface area (Å²) in [4.78, 5) is 18.2. The molecule has 1 aliphatic rings. The Balaban J connectivity index is 1.69. The fraction of sp³-hybridized carbons (Fsp3) is 0.278. The number of carbonyl (C=O) groups excluding carboxylic acids is 1. The Morgan fingerprint density at radius 2 is 1.96 bits per heavy atom. The van der Waals surface area contributed by atoms with E-state index in [0.29, 0.717) is 22.2 Å². The second-order valence-electron chi connectivity index (χ2n) is 6.20. The maximum absolute atomic E-state index is 13.5. The van der Waals surface area contributed by atoms with Gasteiger partial charge < -0.3 is 4.90 Å². The molecule has 1 saturated heterocycles. The van der Waals surface area contributed by atoms with E-state index in [1.807, 2.05) is 0 Å². The number of rotatable bonds is 4. The van der Waals surface area contributed by atoms with E-state index in [4.69, 9.17) is 0 Å². The number of pyridine rings is 1. The molecule has 5 nitrogen and oxygen atoms in total. The van der Waals surface area contributed by atoms with Crippen molar-refractivity contribution in [3.8, 4) is 11.1 Å². The number of halogens is 3. The molecule has 26 heavy (non-hydrogen) atoms. The second-order valence-corrected chi connectivity index (χ2v) is 6.20. The molecule has 3 heterocycles. The van der Waals surface area contributed by atoms with Gasteiger partial charge in [-0.3, -0.25) is 14.5 Å². The Hall–Kier alpha value is -2.90. The molecule has 0 bridgehead atoms. The summed E-state index contributed by atoms with van der Waals surface area (Å²) < 4.78 is 40.9. The number of carbonyl (C=O) groups is 1. The smallest absolute Gasteiger partial charge is 0.266 e. The zero-order valence-electron chi connectivity index (χ0n) is 13.7. The van der Waals surface area contributed by atoms with Crippen molar-refractivity contribution in [1.82, 2.24) is 19.7 Å². The van der Waals surface area contributed by atoms with Gasteiger partial charge in [0.25, 0.3) is 6.43 Å². The summed E-state index contributed by atoms with van der Waals surface area (Å²) in [5.41, 5.74) is 1.56. The Morgan fingerprint density at radius 1 is 1.15 bits per heavy atom. The highest BCUT2D eigenvalue weighted by Gasteiger charge is 2.21. The van der Waals surface area contributed by atoms with Crippen LogP contribution in [-0.4, -0.2) is 38.7 Å². The topological polar surface area (TPSA) is 51.0 Å². The Morgan fingerprint density at radius 3 is 2.65 bits per heavy atom. The summed E-state index contributed by atoms with van der Waals surface area (Å²) in [5.74, 6) is -0.962. The first-order valence-electron chi connectivity index (χ1n) is 8.20. The number of nitrogens with zero attached hydrogens (tertiary/aromatic N) is 4. The van der Waals surface area contributed by atoms with Crippen molar-refractivity contribution in [2.45, 2.75) is 19.4 Å². The SMILES string of the molecule is O=C(Cn1ncc2ncc(-c3ccc(F)c(C(F)F)c3)cc21)N1CCC1. The van der Waals surface area contributed by atoms with Crippen LogP contribution in [0.2, 0.25) is 0 Å². The van der Waals surface area contributed by atoms with Gasteiger partial charge in [0.1, 0.15) is 17.9 Å². The lowest BCUT2D eigenvalue weighted by Gasteiger charge is -2.30. The van der Waals surface area contributed by atoms with Crippen LogP contribution in [0.3, 0.4) is 0 Å². The van der Waals surface area contributed by atoms with Crippen LogP contribution >= 0.6 is 0 Å². The third-order valence-corrected chi connectivity index (χ3v) is 4.55. The van der Waals surface area contributed by atoms with Crippen molar-refractivity contribution in [2.75, 3.05) is 13.1 Å². The fourth-order valence-electron chi connectivity index (χ4n) is 2.92. The van der Waals surface area contributed by atoms with Crippen molar-refractivity contribution in [3.63, 3.8) is 0 Å². The number of benzene rings is 1. The third kappa shape index (κ3) is 2.91. The van der Waals surface area contributed by atoms with Gasteiger partial charge >= 0.3 is 0 Å². The molecule has 1 fully saturated rings. The molecule has 0 unspecified atom stereocenters. The van der Waals surface area contributed by atoms with Gasteiger partial charge in [0.2, 0.25) is 5.91 Å². The molecule has 1 aromatic carbocycles. The summed E-state index contributed by atoms with van der Waals surface area (Å²) in [6.45, 7) is 1.61. The summed E-state index contributed by atoms with van der Waals surface area (Å²) in [6.07, 6.45) is 1.19. The van der Waals surface area contributed by atoms with Gasteiger partial charge in [-0.25, -0.2) is 13.2 Å². The lowest BCUT2D eigenvalue weighted by molar-refractivity contribution is -0.135. The van der Waals surface area contributed by atoms with Crippen LogP contribution in [0.4, 0.5) is 13.2 Å². The van der Waals surface area contributed by atoms with Crippen molar-refractivity contribution in [1.29, 1.82) is 0 Å². The maximum atomic E-state index is 13.5. The van der Waals surface area contributed by atoms with Crippen LogP contribution in [-0.2, 0) is 11.3 Å². The molecule has 0 atom stereocenters. The molecule has 0 radical (unpaired) electrons. The molecule has 2 aromatic heterocycles. The average molecular weight is 360 g/mol. The van der Waals surface area contributed by atoms with Crippen LogP contribution in [0.15, 0.2) is 36.7 Å². The van der Waals surface area contributed by atoms with E-state index in [-0.39, 0.29) is 12.5 Å². The van der Waals surface area contributed by atoms with Gasteiger partial charge in [0, 0.05) is 24.8 Å². The summed E-state index contributed by atoms with van der Waals surface area (Å²) in [6, 6.07) is 5.29. The second kappa shape index (κ2) is 6.44. The zero-order valence-corrected chi connectivity index (χ0v) is 13.7. The molecular weight excluding hydrogens is 345 g/mol. The molecule has 8 heteroatoms. The molecule has 0 N–H and O–H groups in total. The predicted molar refractivity (Wildman–Crippen MR) is 89.1 cm³/mol. The minimum absolute atomic E-state index is 0.0200. The lowest BCUT2D eigenvalue weighted by atomic mass is 10.0. The van der Waals surface area contributed by atoms with Gasteiger partial charge in [-0.05, 0) is 30.2 Å².